The van der Waals surface area contributed by atoms with E-state index in [-0.39, 0.29) is 6.61 Å². The summed E-state index contributed by atoms with van der Waals surface area (Å²) in [5.41, 5.74) is 8.36. The number of amides is 2. The maximum atomic E-state index is 13.4. The van der Waals surface area contributed by atoms with Crippen LogP contribution in [0, 0.1) is 0 Å². The second-order valence-electron chi connectivity index (χ2n) is 18.0. The third-order valence-corrected chi connectivity index (χ3v) is 12.7. The fourth-order valence-electron chi connectivity index (χ4n) is 8.94. The van der Waals surface area contributed by atoms with Crippen LogP contribution in [0.5, 0.6) is 0 Å². The third kappa shape index (κ3) is 16.0. The second-order valence-corrected chi connectivity index (χ2v) is 18.0. The van der Waals surface area contributed by atoms with Gasteiger partial charge in [-0.15, -0.1) is 0 Å². The summed E-state index contributed by atoms with van der Waals surface area (Å²) in [7, 11) is 0. The summed E-state index contributed by atoms with van der Waals surface area (Å²) in [6.07, 6.45) is -28.0. The highest BCUT2D eigenvalue weighted by Gasteiger charge is 2.61. The van der Waals surface area contributed by atoms with Gasteiger partial charge in [0.25, 0.3) is 5.79 Å². The highest BCUT2D eigenvalue weighted by Crippen LogP contribution is 2.40. The standard InChI is InChI=1S/C42H73N5O24/c1-19(52)45-26-21(54)14-42(41(62)63,70-36(26)28(56)22(55)15-48)71-37-33(61)40(67-25(18-51)35(37)69-38-27(46-20(2)53)30(58)29(57)23(16-49)65-38)68-34-24(17-50)66-39(32(60)31(34)59)64-13-11-9-7-5-3-4-6-8-10-12-44-47-43/h21-40,48-51,54-61H,3-18H2,1-2H3,(H,45,52)(H,46,53)(H,62,63)/t21-,22+,23+,24+,25+,26+,27+,28+,29-,30+,31+,32+,33+,34+,35-,36+,37+,38-,39+,40-,42-/m0/s1. The first kappa shape index (κ1) is 60.5. The fourth-order valence-corrected chi connectivity index (χ4v) is 8.94. The maximum Gasteiger partial charge on any atom is 0.364 e. The summed E-state index contributed by atoms with van der Waals surface area (Å²) >= 11 is 0. The molecule has 2 amide bonds. The van der Waals surface area contributed by atoms with E-state index in [4.69, 9.17) is 43.4 Å². The number of nitrogens with zero attached hydrogens (tertiary/aromatic N) is 3. The van der Waals surface area contributed by atoms with Gasteiger partial charge in [-0.1, -0.05) is 50.1 Å². The van der Waals surface area contributed by atoms with Crippen LogP contribution < -0.4 is 10.6 Å². The number of hydrogen-bond donors (Lipinski definition) is 15. The summed E-state index contributed by atoms with van der Waals surface area (Å²) in [6, 6.07) is -3.35. The van der Waals surface area contributed by atoms with E-state index in [1.807, 2.05) is 0 Å². The molecule has 4 aliphatic rings. The first-order valence-electron chi connectivity index (χ1n) is 23.7. The van der Waals surface area contributed by atoms with Gasteiger partial charge < -0.3 is 115 Å². The normalized spacial score (nSPS) is 38.4. The predicted octanol–water partition coefficient (Wildman–Crippen LogP) is -5.41. The van der Waals surface area contributed by atoms with E-state index in [0.717, 1.165) is 65.2 Å². The first-order valence-corrected chi connectivity index (χ1v) is 23.7. The third-order valence-electron chi connectivity index (χ3n) is 12.7. The van der Waals surface area contributed by atoms with E-state index in [1.165, 1.54) is 0 Å². The van der Waals surface area contributed by atoms with Gasteiger partial charge in [0, 0.05) is 38.3 Å². The summed E-state index contributed by atoms with van der Waals surface area (Å²) in [5, 5.41) is 149. The van der Waals surface area contributed by atoms with Crippen LogP contribution in [0.1, 0.15) is 78.1 Å². The molecule has 0 aromatic heterocycles. The minimum Gasteiger partial charge on any atom is -0.477 e. The number of hydrogen-bond acceptors (Lipinski definition) is 24. The Morgan fingerprint density at radius 2 is 1.21 bits per heavy atom. The molecule has 0 aromatic carbocycles. The molecule has 0 aliphatic carbocycles. The number of carboxylic acid groups (broad SMARTS) is 1. The van der Waals surface area contributed by atoms with E-state index in [1.54, 1.807) is 0 Å². The molecule has 15 N–H and O–H groups in total. The molecule has 29 nitrogen and oxygen atoms in total. The topological polar surface area (TPSA) is 461 Å². The van der Waals surface area contributed by atoms with Crippen molar-refractivity contribution in [3.8, 4) is 0 Å². The summed E-state index contributed by atoms with van der Waals surface area (Å²) in [5.74, 6) is -6.90. The Balaban J connectivity index is 1.60. The molecule has 4 saturated heterocycles. The van der Waals surface area contributed by atoms with Gasteiger partial charge in [0.2, 0.25) is 11.8 Å². The molecule has 71 heavy (non-hydrogen) atoms. The Bertz CT molecular complexity index is 1690. The number of rotatable bonds is 28. The van der Waals surface area contributed by atoms with Crippen molar-refractivity contribution >= 4 is 17.8 Å². The molecule has 0 unspecified atom stereocenters. The van der Waals surface area contributed by atoms with E-state index >= 15 is 0 Å². The number of nitrogens with one attached hydrogen (secondary N) is 2. The smallest absolute Gasteiger partial charge is 0.364 e. The minimum atomic E-state index is -3.23. The number of aliphatic hydroxyl groups excluding tert-OH is 12. The van der Waals surface area contributed by atoms with Crippen molar-refractivity contribution in [3.05, 3.63) is 10.4 Å². The lowest BCUT2D eigenvalue weighted by molar-refractivity contribution is -0.400. The van der Waals surface area contributed by atoms with Crippen molar-refractivity contribution in [2.24, 2.45) is 5.11 Å². The molecule has 4 rings (SSSR count). The highest BCUT2D eigenvalue weighted by atomic mass is 16.8. The fraction of sp³-hybridized carbons (Fsp3) is 0.929. The van der Waals surface area contributed by atoms with Crippen LogP contribution in [-0.4, -0.2) is 252 Å². The zero-order chi connectivity index (χ0) is 52.6. The number of unbranched alkanes of at least 4 members (excludes halogenated alkanes) is 8. The van der Waals surface area contributed by atoms with E-state index in [2.05, 4.69) is 20.7 Å². The van der Waals surface area contributed by atoms with Crippen molar-refractivity contribution in [2.45, 2.75) is 206 Å². The number of aliphatic hydroxyl groups is 12. The van der Waals surface area contributed by atoms with Gasteiger partial charge in [-0.25, -0.2) is 4.79 Å². The van der Waals surface area contributed by atoms with E-state index in [0.29, 0.717) is 13.0 Å². The van der Waals surface area contributed by atoms with Crippen LogP contribution in [0.2, 0.25) is 0 Å². The Labute approximate surface area is 408 Å². The summed E-state index contributed by atoms with van der Waals surface area (Å²) < 4.78 is 46.9. The van der Waals surface area contributed by atoms with Crippen molar-refractivity contribution in [3.63, 3.8) is 0 Å². The highest BCUT2D eigenvalue weighted by molar-refractivity contribution is 5.76. The molecule has 0 saturated carbocycles. The number of carbonyl (C=O) groups excluding carboxylic acids is 2. The van der Waals surface area contributed by atoms with Crippen LogP contribution >= 0.6 is 0 Å². The average molecular weight is 1030 g/mol. The maximum absolute atomic E-state index is 13.4. The summed E-state index contributed by atoms with van der Waals surface area (Å²) in [4.78, 5) is 40.5. The first-order chi connectivity index (χ1) is 33.8. The zero-order valence-corrected chi connectivity index (χ0v) is 39.5. The van der Waals surface area contributed by atoms with Crippen molar-refractivity contribution in [1.29, 1.82) is 0 Å². The molecular weight excluding hydrogens is 958 g/mol. The number of aliphatic carboxylic acids is 1. The number of carbonyl (C=O) groups is 3. The molecule has 0 radical (unpaired) electrons. The number of ether oxygens (including phenoxy) is 8. The van der Waals surface area contributed by atoms with E-state index < -0.39 is 179 Å². The van der Waals surface area contributed by atoms with Gasteiger partial charge >= 0.3 is 5.97 Å². The quantitative estimate of drug-likeness (QED) is 0.0150. The lowest BCUT2D eigenvalue weighted by atomic mass is 9.88. The van der Waals surface area contributed by atoms with Crippen LogP contribution in [0.4, 0.5) is 0 Å². The van der Waals surface area contributed by atoms with Crippen LogP contribution in [-0.2, 0) is 52.3 Å². The van der Waals surface area contributed by atoms with Crippen molar-refractivity contribution in [1.82, 2.24) is 10.6 Å². The average Bonchev–Trinajstić information content (AvgIpc) is 3.33. The van der Waals surface area contributed by atoms with Crippen LogP contribution in [0.15, 0.2) is 5.11 Å². The Kier molecular flexibility index (Phi) is 24.8. The van der Waals surface area contributed by atoms with Gasteiger partial charge in [0.05, 0.1) is 38.6 Å². The van der Waals surface area contributed by atoms with Gasteiger partial charge in [-0.2, -0.15) is 0 Å². The van der Waals surface area contributed by atoms with Gasteiger partial charge in [-0.3, -0.25) is 9.59 Å². The molecule has 410 valence electrons. The molecule has 4 heterocycles. The second kappa shape index (κ2) is 29.1. The Morgan fingerprint density at radius 1 is 0.676 bits per heavy atom. The molecule has 4 aliphatic heterocycles. The summed E-state index contributed by atoms with van der Waals surface area (Å²) in [6.45, 7) is -1.44. The zero-order valence-electron chi connectivity index (χ0n) is 39.5. The minimum absolute atomic E-state index is 0.0909. The molecule has 0 bridgehead atoms. The SMILES string of the molecule is CC(=O)N[C@H]1[C@H](O[C@@H]2[C@H](O[C@]3(C(=O)O)C[C@H](O)[C@@H](NC(C)=O)[C@H]([C@H](O)[C@H](O)CO)O3)[C@@H](O)[C@H](O[C@H]3[C@H](O)[C@@H](O)[C@H](OCCCCCCCCCCCN=[N+]=[N-])O[C@@H]3CO)O[C@@H]2CO)O[C@H](CO)[C@H](O)[C@@H]1O. The molecule has 4 fully saturated rings. The number of carboxylic acids is 1. The van der Waals surface area contributed by atoms with Gasteiger partial charge in [0.1, 0.15) is 91.5 Å². The molecule has 21 atom stereocenters. The van der Waals surface area contributed by atoms with Crippen molar-refractivity contribution < 1.29 is 119 Å². The monoisotopic (exact) mass is 1030 g/mol. The molecular formula is C42H73N5O24. The van der Waals surface area contributed by atoms with Crippen molar-refractivity contribution in [2.75, 3.05) is 39.6 Å². The largest absolute Gasteiger partial charge is 0.477 e. The van der Waals surface area contributed by atoms with Gasteiger partial charge in [-0.05, 0) is 18.4 Å². The molecule has 29 heteroatoms. The lowest BCUT2D eigenvalue weighted by Crippen LogP contribution is -2.72. The Morgan fingerprint density at radius 3 is 1.77 bits per heavy atom. The molecule has 0 spiro atoms. The lowest BCUT2D eigenvalue weighted by Gasteiger charge is -2.52. The Hall–Kier alpha value is -3.08. The molecule has 0 aromatic rings. The van der Waals surface area contributed by atoms with Crippen LogP contribution in [0.25, 0.3) is 10.4 Å². The van der Waals surface area contributed by atoms with Crippen LogP contribution in [0.3, 0.4) is 0 Å². The number of azide groups is 1. The van der Waals surface area contributed by atoms with E-state index in [9.17, 15) is 80.8 Å². The van der Waals surface area contributed by atoms with Gasteiger partial charge in [0.15, 0.2) is 18.9 Å². The predicted molar refractivity (Wildman–Crippen MR) is 234 cm³/mol.